The standard InChI is InChI=1S/C18H18ClN3O3/c1-10-6-5-7-22-16(11(2)20-17(10)22)18(23)21-13-9-14(24-3)12(19)8-15(13)25-4/h5-9H,1-4H3,(H,21,23). The van der Waals surface area contributed by atoms with Crippen molar-refractivity contribution < 1.29 is 14.3 Å². The van der Waals surface area contributed by atoms with Crippen molar-refractivity contribution in [2.45, 2.75) is 13.8 Å². The number of aryl methyl sites for hydroxylation is 2. The summed E-state index contributed by atoms with van der Waals surface area (Å²) in [6.07, 6.45) is 1.82. The van der Waals surface area contributed by atoms with Crippen molar-refractivity contribution in [1.29, 1.82) is 0 Å². The van der Waals surface area contributed by atoms with Crippen LogP contribution in [0.5, 0.6) is 11.5 Å². The topological polar surface area (TPSA) is 64.9 Å². The molecular formula is C18H18ClN3O3. The van der Waals surface area contributed by atoms with Crippen LogP contribution in [-0.4, -0.2) is 29.5 Å². The van der Waals surface area contributed by atoms with Crippen molar-refractivity contribution >= 4 is 28.8 Å². The minimum Gasteiger partial charge on any atom is -0.495 e. The molecule has 1 aromatic carbocycles. The van der Waals surface area contributed by atoms with Crippen molar-refractivity contribution in [3.05, 3.63) is 52.4 Å². The maximum Gasteiger partial charge on any atom is 0.274 e. The zero-order chi connectivity index (χ0) is 18.1. The summed E-state index contributed by atoms with van der Waals surface area (Å²) in [5, 5.41) is 3.26. The molecule has 0 aliphatic rings. The Bertz CT molecular complexity index is 966. The highest BCUT2D eigenvalue weighted by Crippen LogP contribution is 2.36. The molecule has 1 amide bonds. The second-order valence-electron chi connectivity index (χ2n) is 5.57. The fraction of sp³-hybridized carbons (Fsp3) is 0.222. The van der Waals surface area contributed by atoms with Gasteiger partial charge in [-0.05, 0) is 25.5 Å². The number of halogens is 1. The van der Waals surface area contributed by atoms with Gasteiger partial charge in [-0.15, -0.1) is 0 Å². The summed E-state index contributed by atoms with van der Waals surface area (Å²) in [5.41, 5.74) is 3.33. The fourth-order valence-electron chi connectivity index (χ4n) is 2.73. The zero-order valence-electron chi connectivity index (χ0n) is 14.4. The van der Waals surface area contributed by atoms with E-state index in [1.54, 1.807) is 23.5 Å². The number of imidazole rings is 1. The molecule has 0 spiro atoms. The molecule has 2 heterocycles. The largest absolute Gasteiger partial charge is 0.495 e. The van der Waals surface area contributed by atoms with Crippen molar-refractivity contribution in [2.75, 3.05) is 19.5 Å². The van der Waals surface area contributed by atoms with E-state index in [4.69, 9.17) is 21.1 Å². The van der Waals surface area contributed by atoms with E-state index in [1.807, 2.05) is 25.3 Å². The van der Waals surface area contributed by atoms with Gasteiger partial charge < -0.3 is 14.8 Å². The molecule has 0 atom stereocenters. The Labute approximate surface area is 150 Å². The molecule has 0 aliphatic heterocycles. The minimum atomic E-state index is -0.293. The molecule has 130 valence electrons. The van der Waals surface area contributed by atoms with Crippen LogP contribution >= 0.6 is 11.6 Å². The number of carbonyl (C=O) groups excluding carboxylic acids is 1. The fourth-order valence-corrected chi connectivity index (χ4v) is 2.96. The van der Waals surface area contributed by atoms with E-state index in [2.05, 4.69) is 10.3 Å². The van der Waals surface area contributed by atoms with Crippen LogP contribution in [0.2, 0.25) is 5.02 Å². The van der Waals surface area contributed by atoms with Gasteiger partial charge in [-0.2, -0.15) is 0 Å². The number of fused-ring (bicyclic) bond motifs is 1. The molecule has 2 aromatic heterocycles. The van der Waals surface area contributed by atoms with E-state index >= 15 is 0 Å². The summed E-state index contributed by atoms with van der Waals surface area (Å²) in [4.78, 5) is 17.4. The maximum absolute atomic E-state index is 12.9. The number of pyridine rings is 1. The molecule has 0 aliphatic carbocycles. The van der Waals surface area contributed by atoms with Gasteiger partial charge in [-0.25, -0.2) is 4.98 Å². The average molecular weight is 360 g/mol. The highest BCUT2D eigenvalue weighted by molar-refractivity contribution is 6.32. The van der Waals surface area contributed by atoms with Crippen LogP contribution in [0.15, 0.2) is 30.5 Å². The summed E-state index contributed by atoms with van der Waals surface area (Å²) in [6, 6.07) is 7.06. The number of nitrogens with zero attached hydrogens (tertiary/aromatic N) is 2. The molecule has 1 N–H and O–H groups in total. The van der Waals surface area contributed by atoms with Crippen LogP contribution in [0.4, 0.5) is 5.69 Å². The highest BCUT2D eigenvalue weighted by atomic mass is 35.5. The Morgan fingerprint density at radius 2 is 1.92 bits per heavy atom. The molecule has 7 heteroatoms. The first-order valence-electron chi connectivity index (χ1n) is 7.63. The number of rotatable bonds is 4. The third-order valence-corrected chi connectivity index (χ3v) is 4.25. The molecule has 6 nitrogen and oxygen atoms in total. The number of ether oxygens (including phenoxy) is 2. The van der Waals surface area contributed by atoms with Gasteiger partial charge in [0.05, 0.1) is 30.6 Å². The van der Waals surface area contributed by atoms with Gasteiger partial charge in [0.2, 0.25) is 0 Å². The molecule has 3 aromatic rings. The molecule has 0 radical (unpaired) electrons. The Morgan fingerprint density at radius 1 is 1.20 bits per heavy atom. The Hall–Kier alpha value is -2.73. The number of anilines is 1. The molecule has 0 unspecified atom stereocenters. The average Bonchev–Trinajstić information content (AvgIpc) is 2.93. The summed E-state index contributed by atoms with van der Waals surface area (Å²) in [6.45, 7) is 3.76. The lowest BCUT2D eigenvalue weighted by Gasteiger charge is -2.13. The third kappa shape index (κ3) is 3.00. The van der Waals surface area contributed by atoms with Crippen LogP contribution in [0.3, 0.4) is 0 Å². The van der Waals surface area contributed by atoms with Crippen molar-refractivity contribution in [2.24, 2.45) is 0 Å². The van der Waals surface area contributed by atoms with E-state index in [0.29, 0.717) is 33.6 Å². The Morgan fingerprint density at radius 3 is 2.60 bits per heavy atom. The number of carbonyl (C=O) groups is 1. The van der Waals surface area contributed by atoms with Crippen molar-refractivity contribution in [3.63, 3.8) is 0 Å². The number of amides is 1. The van der Waals surface area contributed by atoms with Gasteiger partial charge in [0.15, 0.2) is 0 Å². The first-order chi connectivity index (χ1) is 12.0. The number of hydrogen-bond donors (Lipinski definition) is 1. The quantitative estimate of drug-likeness (QED) is 0.767. The van der Waals surface area contributed by atoms with Crippen molar-refractivity contribution in [1.82, 2.24) is 9.38 Å². The Kier molecular flexibility index (Phi) is 4.55. The number of benzene rings is 1. The van der Waals surface area contributed by atoms with Crippen LogP contribution in [0.1, 0.15) is 21.7 Å². The van der Waals surface area contributed by atoms with Gasteiger partial charge >= 0.3 is 0 Å². The lowest BCUT2D eigenvalue weighted by molar-refractivity contribution is 0.102. The summed E-state index contributed by atoms with van der Waals surface area (Å²) < 4.78 is 12.3. The molecular weight excluding hydrogens is 342 g/mol. The summed E-state index contributed by atoms with van der Waals surface area (Å²) in [7, 11) is 3.02. The van der Waals surface area contributed by atoms with Crippen LogP contribution in [-0.2, 0) is 0 Å². The van der Waals surface area contributed by atoms with Crippen LogP contribution < -0.4 is 14.8 Å². The van der Waals surface area contributed by atoms with Gasteiger partial charge in [0.1, 0.15) is 22.8 Å². The monoisotopic (exact) mass is 359 g/mol. The number of hydrogen-bond acceptors (Lipinski definition) is 4. The normalized spacial score (nSPS) is 10.8. The number of nitrogens with one attached hydrogen (secondary N) is 1. The second kappa shape index (κ2) is 6.64. The van der Waals surface area contributed by atoms with E-state index in [-0.39, 0.29) is 5.91 Å². The second-order valence-corrected chi connectivity index (χ2v) is 5.98. The number of methoxy groups -OCH3 is 2. The molecule has 3 rings (SSSR count). The lowest BCUT2D eigenvalue weighted by atomic mass is 10.2. The van der Waals surface area contributed by atoms with Crippen LogP contribution in [0, 0.1) is 13.8 Å². The molecule has 0 fully saturated rings. The molecule has 0 bridgehead atoms. The SMILES string of the molecule is COc1cc(NC(=O)c2c(C)nc3c(C)cccn23)c(OC)cc1Cl. The smallest absolute Gasteiger partial charge is 0.274 e. The molecule has 25 heavy (non-hydrogen) atoms. The predicted molar refractivity (Wildman–Crippen MR) is 97.2 cm³/mol. The van der Waals surface area contributed by atoms with Gasteiger partial charge in [-0.3, -0.25) is 9.20 Å². The van der Waals surface area contributed by atoms with E-state index < -0.39 is 0 Å². The summed E-state index contributed by atoms with van der Waals surface area (Å²) >= 11 is 6.11. The van der Waals surface area contributed by atoms with E-state index in [0.717, 1.165) is 11.2 Å². The van der Waals surface area contributed by atoms with Gasteiger partial charge in [0.25, 0.3) is 5.91 Å². The maximum atomic E-state index is 12.9. The number of aromatic nitrogens is 2. The first-order valence-corrected chi connectivity index (χ1v) is 8.01. The third-order valence-electron chi connectivity index (χ3n) is 3.96. The minimum absolute atomic E-state index is 0.293. The Balaban J connectivity index is 2.04. The highest BCUT2D eigenvalue weighted by Gasteiger charge is 2.20. The predicted octanol–water partition coefficient (Wildman–Crippen LogP) is 3.87. The van der Waals surface area contributed by atoms with E-state index in [9.17, 15) is 4.79 Å². The van der Waals surface area contributed by atoms with Crippen molar-refractivity contribution in [3.8, 4) is 11.5 Å². The molecule has 0 saturated heterocycles. The van der Waals surface area contributed by atoms with Gasteiger partial charge in [-0.1, -0.05) is 17.7 Å². The lowest BCUT2D eigenvalue weighted by Crippen LogP contribution is -2.16. The van der Waals surface area contributed by atoms with Crippen LogP contribution in [0.25, 0.3) is 5.65 Å². The zero-order valence-corrected chi connectivity index (χ0v) is 15.1. The van der Waals surface area contributed by atoms with Gasteiger partial charge in [0, 0.05) is 18.3 Å². The first kappa shape index (κ1) is 17.1. The molecule has 0 saturated carbocycles. The summed E-state index contributed by atoms with van der Waals surface area (Å²) in [5.74, 6) is 0.601. The van der Waals surface area contributed by atoms with E-state index in [1.165, 1.54) is 14.2 Å².